The van der Waals surface area contributed by atoms with Crippen LogP contribution in [0.15, 0.2) is 52.1 Å². The van der Waals surface area contributed by atoms with Gasteiger partial charge in [0.15, 0.2) is 0 Å². The number of aryl methyl sites for hydroxylation is 2. The Balaban J connectivity index is 1.30. The van der Waals surface area contributed by atoms with Gasteiger partial charge in [-0.1, -0.05) is 29.1 Å². The van der Waals surface area contributed by atoms with Crippen molar-refractivity contribution in [1.82, 2.24) is 19.9 Å². The van der Waals surface area contributed by atoms with E-state index in [-0.39, 0.29) is 11.8 Å². The van der Waals surface area contributed by atoms with E-state index in [1.807, 2.05) is 56.0 Å². The Morgan fingerprint density at radius 1 is 1.09 bits per heavy atom. The molecule has 0 unspecified atom stereocenters. The summed E-state index contributed by atoms with van der Waals surface area (Å²) in [6, 6.07) is 11.4. The summed E-state index contributed by atoms with van der Waals surface area (Å²) in [5.74, 6) is 1.26. The molecule has 1 fully saturated rings. The van der Waals surface area contributed by atoms with Crippen molar-refractivity contribution in [3.8, 4) is 0 Å². The number of carbonyl (C=O) groups excluding carboxylic acids is 2. The largest absolute Gasteiger partial charge is 0.361 e. The first-order valence-corrected chi connectivity index (χ1v) is 12.3. The molecule has 0 saturated carbocycles. The first-order valence-electron chi connectivity index (χ1n) is 11.3. The molecular weight excluding hydrogens is 450 g/mol. The number of aromatic nitrogens is 2. The van der Waals surface area contributed by atoms with E-state index >= 15 is 0 Å². The summed E-state index contributed by atoms with van der Waals surface area (Å²) >= 11 is 1.47. The van der Waals surface area contributed by atoms with Crippen LogP contribution in [0.3, 0.4) is 0 Å². The van der Waals surface area contributed by atoms with Crippen LogP contribution in [0.5, 0.6) is 0 Å². The fraction of sp³-hybridized carbons (Fsp3) is 0.360. The van der Waals surface area contributed by atoms with E-state index in [0.717, 1.165) is 28.3 Å². The van der Waals surface area contributed by atoms with Crippen molar-refractivity contribution in [2.24, 2.45) is 0 Å². The molecule has 0 spiro atoms. The van der Waals surface area contributed by atoms with E-state index in [1.165, 1.54) is 11.8 Å². The smallest absolute Gasteiger partial charge is 0.256 e. The summed E-state index contributed by atoms with van der Waals surface area (Å²) in [4.78, 5) is 34.1. The van der Waals surface area contributed by atoms with E-state index in [2.05, 4.69) is 20.4 Å². The Kier molecular flexibility index (Phi) is 7.64. The summed E-state index contributed by atoms with van der Waals surface area (Å²) in [6.45, 7) is 8.62. The molecule has 8 nitrogen and oxygen atoms in total. The topological polar surface area (TPSA) is 91.6 Å². The van der Waals surface area contributed by atoms with E-state index in [4.69, 9.17) is 4.52 Å². The zero-order valence-corrected chi connectivity index (χ0v) is 20.5. The second-order valence-corrected chi connectivity index (χ2v) is 9.40. The van der Waals surface area contributed by atoms with Gasteiger partial charge in [0.2, 0.25) is 5.91 Å². The zero-order chi connectivity index (χ0) is 24.1. The molecule has 4 rings (SSSR count). The van der Waals surface area contributed by atoms with Crippen LogP contribution in [0.1, 0.15) is 32.9 Å². The maximum atomic E-state index is 13.2. The minimum atomic E-state index is -0.0393. The van der Waals surface area contributed by atoms with Crippen LogP contribution < -0.4 is 5.32 Å². The van der Waals surface area contributed by atoms with Gasteiger partial charge in [0.1, 0.15) is 10.8 Å². The minimum Gasteiger partial charge on any atom is -0.361 e. The Labute approximate surface area is 203 Å². The average molecular weight is 480 g/mol. The highest BCUT2D eigenvalue weighted by Gasteiger charge is 2.25. The lowest BCUT2D eigenvalue weighted by atomic mass is 10.1. The molecule has 1 aliphatic rings. The molecule has 1 N–H and O–H groups in total. The van der Waals surface area contributed by atoms with Crippen molar-refractivity contribution in [1.29, 1.82) is 0 Å². The zero-order valence-electron chi connectivity index (χ0n) is 19.7. The number of hydrogen-bond acceptors (Lipinski definition) is 7. The van der Waals surface area contributed by atoms with Crippen molar-refractivity contribution >= 4 is 29.3 Å². The maximum Gasteiger partial charge on any atom is 0.256 e. The van der Waals surface area contributed by atoms with E-state index in [0.29, 0.717) is 49.1 Å². The summed E-state index contributed by atoms with van der Waals surface area (Å²) in [7, 11) is 0. The summed E-state index contributed by atoms with van der Waals surface area (Å²) in [5, 5.41) is 7.70. The number of benzene rings is 1. The molecule has 2 amide bonds. The second kappa shape index (κ2) is 10.8. The lowest BCUT2D eigenvalue weighted by molar-refractivity contribution is -0.117. The van der Waals surface area contributed by atoms with Crippen molar-refractivity contribution in [2.45, 2.75) is 31.6 Å². The van der Waals surface area contributed by atoms with Gasteiger partial charge in [-0.2, -0.15) is 0 Å². The standard InChI is InChI=1S/C25H29N5O3S/c1-17-6-4-8-22(19(17)3)27-23(31)15-29-10-12-30(13-11-29)25(32)21-7-5-9-26-24(21)34-16-20-14-18(2)33-28-20/h4-9,14H,10-13,15-16H2,1-3H3,(H,27,31). The number of hydrogen-bond donors (Lipinski definition) is 1. The van der Waals surface area contributed by atoms with Crippen molar-refractivity contribution in [3.63, 3.8) is 0 Å². The molecule has 1 aromatic carbocycles. The molecule has 0 atom stereocenters. The molecule has 2 aromatic heterocycles. The van der Waals surface area contributed by atoms with E-state index < -0.39 is 0 Å². The number of rotatable bonds is 7. The highest BCUT2D eigenvalue weighted by atomic mass is 32.2. The predicted molar refractivity (Wildman–Crippen MR) is 132 cm³/mol. The van der Waals surface area contributed by atoms with E-state index in [9.17, 15) is 9.59 Å². The number of amides is 2. The van der Waals surface area contributed by atoms with Gasteiger partial charge in [0.25, 0.3) is 5.91 Å². The Hall–Kier alpha value is -3.17. The third-order valence-corrected chi connectivity index (χ3v) is 6.98. The van der Waals surface area contributed by atoms with Crippen LogP contribution in [-0.2, 0) is 10.5 Å². The Morgan fingerprint density at radius 2 is 1.88 bits per heavy atom. The maximum absolute atomic E-state index is 13.2. The third kappa shape index (κ3) is 5.84. The summed E-state index contributed by atoms with van der Waals surface area (Å²) < 4.78 is 5.12. The third-order valence-electron chi connectivity index (χ3n) is 5.94. The molecule has 1 aliphatic heterocycles. The van der Waals surface area contributed by atoms with Gasteiger partial charge >= 0.3 is 0 Å². The van der Waals surface area contributed by atoms with Crippen molar-refractivity contribution in [3.05, 3.63) is 70.7 Å². The summed E-state index contributed by atoms with van der Waals surface area (Å²) in [5.41, 5.74) is 4.48. The van der Waals surface area contributed by atoms with Gasteiger partial charge in [-0.3, -0.25) is 14.5 Å². The van der Waals surface area contributed by atoms with Gasteiger partial charge in [0.05, 0.1) is 17.8 Å². The molecule has 0 aliphatic carbocycles. The first-order chi connectivity index (χ1) is 16.4. The number of piperazine rings is 1. The molecule has 0 bridgehead atoms. The lowest BCUT2D eigenvalue weighted by Crippen LogP contribution is -2.50. The molecular formula is C25H29N5O3S. The van der Waals surface area contributed by atoms with Crippen molar-refractivity contribution < 1.29 is 14.1 Å². The number of pyridine rings is 1. The average Bonchev–Trinajstić information content (AvgIpc) is 3.26. The lowest BCUT2D eigenvalue weighted by Gasteiger charge is -2.34. The molecule has 3 aromatic rings. The quantitative estimate of drug-likeness (QED) is 0.517. The SMILES string of the molecule is Cc1cc(CSc2ncccc2C(=O)N2CCN(CC(=O)Nc3cccc(C)c3C)CC2)no1. The van der Waals surface area contributed by atoms with Crippen LogP contribution in [0, 0.1) is 20.8 Å². The molecule has 178 valence electrons. The number of nitrogens with one attached hydrogen (secondary N) is 1. The van der Waals surface area contributed by atoms with E-state index in [1.54, 1.807) is 12.3 Å². The number of anilines is 1. The van der Waals surface area contributed by atoms with Gasteiger partial charge in [0, 0.05) is 49.9 Å². The molecule has 0 radical (unpaired) electrons. The van der Waals surface area contributed by atoms with Gasteiger partial charge in [-0.15, -0.1) is 0 Å². The Morgan fingerprint density at radius 3 is 2.62 bits per heavy atom. The van der Waals surface area contributed by atoms with Crippen LogP contribution in [0.4, 0.5) is 5.69 Å². The van der Waals surface area contributed by atoms with Crippen LogP contribution in [0.2, 0.25) is 0 Å². The minimum absolute atomic E-state index is 0.0357. The monoisotopic (exact) mass is 479 g/mol. The highest BCUT2D eigenvalue weighted by molar-refractivity contribution is 7.98. The van der Waals surface area contributed by atoms with Gasteiger partial charge in [-0.05, 0) is 50.1 Å². The fourth-order valence-corrected chi connectivity index (χ4v) is 4.72. The first kappa shape index (κ1) is 24.0. The number of nitrogens with zero attached hydrogens (tertiary/aromatic N) is 4. The second-order valence-electron chi connectivity index (χ2n) is 8.44. The summed E-state index contributed by atoms with van der Waals surface area (Å²) in [6.07, 6.45) is 1.69. The fourth-order valence-electron chi connectivity index (χ4n) is 3.86. The molecule has 3 heterocycles. The molecule has 9 heteroatoms. The molecule has 1 saturated heterocycles. The number of carbonyl (C=O) groups is 2. The highest BCUT2D eigenvalue weighted by Crippen LogP contribution is 2.25. The normalized spacial score (nSPS) is 14.3. The van der Waals surface area contributed by atoms with Crippen LogP contribution >= 0.6 is 11.8 Å². The Bertz CT molecular complexity index is 1170. The van der Waals surface area contributed by atoms with Gasteiger partial charge < -0.3 is 14.7 Å². The van der Waals surface area contributed by atoms with Gasteiger partial charge in [-0.25, -0.2) is 4.98 Å². The van der Waals surface area contributed by atoms with Crippen LogP contribution in [0.25, 0.3) is 0 Å². The van der Waals surface area contributed by atoms with Crippen molar-refractivity contribution in [2.75, 3.05) is 38.0 Å². The molecule has 34 heavy (non-hydrogen) atoms. The number of thioether (sulfide) groups is 1. The van der Waals surface area contributed by atoms with Crippen LogP contribution in [-0.4, -0.2) is 64.5 Å². The predicted octanol–water partition coefficient (Wildman–Crippen LogP) is 3.68.